The smallest absolute Gasteiger partial charge is 0.343 e. The van der Waals surface area contributed by atoms with E-state index in [-0.39, 0.29) is 12.4 Å². The van der Waals surface area contributed by atoms with Gasteiger partial charge in [0.05, 0.1) is 20.2 Å². The summed E-state index contributed by atoms with van der Waals surface area (Å²) in [5, 5.41) is 3.23. The number of methoxy groups -OCH3 is 1. The standard InChI is InChI=1S/C13H17N3O.ClH/c1-17-10-2-3-11-9(8-10)5-7-16-12(11)4-6-15-13(16)14;/h2-3,8,12H,4-7H2,1H3,(H2,14,15);1H. The van der Waals surface area contributed by atoms with Gasteiger partial charge < -0.3 is 17.1 Å². The maximum Gasteiger partial charge on any atom is 0.343 e. The van der Waals surface area contributed by atoms with Crippen molar-refractivity contribution in [3.63, 3.8) is 0 Å². The van der Waals surface area contributed by atoms with E-state index in [4.69, 9.17) is 10.5 Å². The quantitative estimate of drug-likeness (QED) is 0.559. The van der Waals surface area contributed by atoms with Gasteiger partial charge in [-0.25, -0.2) is 0 Å². The number of ether oxygens (including phenoxy) is 1. The first-order valence-electron chi connectivity index (χ1n) is 6.09. The molecule has 0 spiro atoms. The summed E-state index contributed by atoms with van der Waals surface area (Å²) in [7, 11) is 1.72. The van der Waals surface area contributed by atoms with E-state index in [0.717, 1.165) is 37.6 Å². The van der Waals surface area contributed by atoms with E-state index in [1.807, 2.05) is 6.07 Å². The normalized spacial score (nSPS) is 21.3. The molecule has 1 aromatic carbocycles. The van der Waals surface area contributed by atoms with E-state index in [2.05, 4.69) is 22.0 Å². The zero-order valence-electron chi connectivity index (χ0n) is 10.4. The van der Waals surface area contributed by atoms with Crippen molar-refractivity contribution in [2.75, 3.05) is 20.2 Å². The van der Waals surface area contributed by atoms with Crippen molar-refractivity contribution in [2.45, 2.75) is 18.9 Å². The van der Waals surface area contributed by atoms with Crippen LogP contribution in [0.4, 0.5) is 0 Å². The molecule has 0 saturated heterocycles. The number of fused-ring (bicyclic) bond motifs is 3. The molecular weight excluding hydrogens is 250 g/mol. The van der Waals surface area contributed by atoms with Gasteiger partial charge in [0.15, 0.2) is 0 Å². The van der Waals surface area contributed by atoms with Crippen LogP contribution in [-0.2, 0) is 6.42 Å². The van der Waals surface area contributed by atoms with Gasteiger partial charge in [0.2, 0.25) is 0 Å². The van der Waals surface area contributed by atoms with Crippen LogP contribution in [0.2, 0.25) is 0 Å². The highest BCUT2D eigenvalue weighted by molar-refractivity contribution is 5.73. The number of hydrogen-bond acceptors (Lipinski definition) is 3. The Morgan fingerprint density at radius 1 is 1.44 bits per heavy atom. The second-order valence-corrected chi connectivity index (χ2v) is 4.62. The summed E-state index contributed by atoms with van der Waals surface area (Å²) in [6, 6.07) is 6.82. The van der Waals surface area contributed by atoms with Crippen LogP contribution in [0.5, 0.6) is 5.75 Å². The highest BCUT2D eigenvalue weighted by Gasteiger charge is 2.31. The fourth-order valence-electron chi connectivity index (χ4n) is 2.85. The lowest BCUT2D eigenvalue weighted by Crippen LogP contribution is -3.00. The molecule has 2 aliphatic heterocycles. The molecule has 1 aromatic rings. The molecule has 1 atom stereocenters. The van der Waals surface area contributed by atoms with Crippen molar-refractivity contribution >= 4 is 5.96 Å². The molecule has 18 heavy (non-hydrogen) atoms. The Morgan fingerprint density at radius 2 is 2.28 bits per heavy atom. The molecule has 1 unspecified atom stereocenters. The summed E-state index contributed by atoms with van der Waals surface area (Å²) in [5.41, 5.74) is 8.82. The Morgan fingerprint density at radius 3 is 3.06 bits per heavy atom. The summed E-state index contributed by atoms with van der Waals surface area (Å²) < 4.78 is 7.56. The highest BCUT2D eigenvalue weighted by Crippen LogP contribution is 2.32. The Kier molecular flexibility index (Phi) is 3.66. The van der Waals surface area contributed by atoms with Crippen molar-refractivity contribution in [3.05, 3.63) is 29.3 Å². The minimum atomic E-state index is 0. The summed E-state index contributed by atoms with van der Waals surface area (Å²) >= 11 is 0. The lowest BCUT2D eigenvalue weighted by molar-refractivity contribution is -0.583. The second kappa shape index (κ2) is 5.06. The molecule has 0 radical (unpaired) electrons. The molecule has 3 rings (SSSR count). The van der Waals surface area contributed by atoms with Gasteiger partial charge in [0.25, 0.3) is 0 Å². The van der Waals surface area contributed by atoms with Gasteiger partial charge in [-0.15, -0.1) is 0 Å². The molecule has 0 aliphatic carbocycles. The number of nitrogens with one attached hydrogen (secondary N) is 1. The molecule has 2 heterocycles. The van der Waals surface area contributed by atoms with E-state index in [1.54, 1.807) is 7.11 Å². The van der Waals surface area contributed by atoms with E-state index in [9.17, 15) is 0 Å². The first kappa shape index (κ1) is 13.0. The number of halogens is 1. The van der Waals surface area contributed by atoms with Crippen LogP contribution >= 0.6 is 0 Å². The number of rotatable bonds is 1. The fraction of sp³-hybridized carbons (Fsp3) is 0.462. The van der Waals surface area contributed by atoms with Crippen LogP contribution in [-0.4, -0.2) is 30.7 Å². The summed E-state index contributed by atoms with van der Waals surface area (Å²) in [6.45, 7) is 1.95. The largest absolute Gasteiger partial charge is 1.00 e. The Balaban J connectivity index is 0.00000120. The first-order chi connectivity index (χ1) is 8.29. The lowest BCUT2D eigenvalue weighted by atomic mass is 9.91. The predicted octanol–water partition coefficient (Wildman–Crippen LogP) is -2.38. The SMILES string of the molecule is COc1ccc2c(c1)CC[N+]1=C(N)NCCC21.[Cl-]. The zero-order chi connectivity index (χ0) is 11.8. The predicted molar refractivity (Wildman–Crippen MR) is 66.4 cm³/mol. The maximum atomic E-state index is 6.01. The molecule has 5 heteroatoms. The van der Waals surface area contributed by atoms with Crippen LogP contribution in [0, 0.1) is 0 Å². The van der Waals surface area contributed by atoms with E-state index in [0.29, 0.717) is 6.04 Å². The average Bonchev–Trinajstić information content (AvgIpc) is 2.38. The Bertz CT molecular complexity index is 487. The van der Waals surface area contributed by atoms with Crippen LogP contribution in [0.15, 0.2) is 18.2 Å². The third-order valence-corrected chi connectivity index (χ3v) is 3.74. The molecule has 2 aliphatic rings. The van der Waals surface area contributed by atoms with Crippen molar-refractivity contribution in [3.8, 4) is 5.75 Å². The van der Waals surface area contributed by atoms with Crippen LogP contribution < -0.4 is 28.2 Å². The zero-order valence-corrected chi connectivity index (χ0v) is 11.2. The first-order valence-corrected chi connectivity index (χ1v) is 6.09. The third kappa shape index (κ3) is 2.01. The molecule has 4 nitrogen and oxygen atoms in total. The number of nitrogens with zero attached hydrogens (tertiary/aromatic N) is 1. The van der Waals surface area contributed by atoms with E-state index < -0.39 is 0 Å². The summed E-state index contributed by atoms with van der Waals surface area (Å²) in [4.78, 5) is 0. The molecule has 98 valence electrons. The maximum absolute atomic E-state index is 6.01. The molecule has 0 saturated carbocycles. The van der Waals surface area contributed by atoms with Crippen molar-refractivity contribution in [2.24, 2.45) is 5.73 Å². The van der Waals surface area contributed by atoms with Crippen molar-refractivity contribution in [1.82, 2.24) is 5.32 Å². The van der Waals surface area contributed by atoms with E-state index in [1.165, 1.54) is 11.1 Å². The summed E-state index contributed by atoms with van der Waals surface area (Å²) in [6.07, 6.45) is 2.14. The van der Waals surface area contributed by atoms with Gasteiger partial charge >= 0.3 is 5.96 Å². The number of nitrogens with two attached hydrogens (primary N) is 1. The molecule has 0 amide bonds. The molecule has 3 N–H and O–H groups in total. The molecule has 0 bridgehead atoms. The van der Waals surface area contributed by atoms with Crippen LogP contribution in [0.25, 0.3) is 0 Å². The van der Waals surface area contributed by atoms with Gasteiger partial charge in [-0.1, -0.05) is 6.07 Å². The Hall–Kier alpha value is -1.42. The molecule has 0 fully saturated rings. The van der Waals surface area contributed by atoms with Crippen LogP contribution in [0.1, 0.15) is 23.6 Å². The van der Waals surface area contributed by atoms with E-state index >= 15 is 0 Å². The minimum Gasteiger partial charge on any atom is -1.00 e. The highest BCUT2D eigenvalue weighted by atomic mass is 35.5. The second-order valence-electron chi connectivity index (χ2n) is 4.62. The minimum absolute atomic E-state index is 0. The number of hydrogen-bond donors (Lipinski definition) is 2. The van der Waals surface area contributed by atoms with Crippen LogP contribution in [0.3, 0.4) is 0 Å². The number of guanidine groups is 1. The van der Waals surface area contributed by atoms with Crippen molar-refractivity contribution in [1.29, 1.82) is 0 Å². The third-order valence-electron chi connectivity index (χ3n) is 3.74. The van der Waals surface area contributed by atoms with Crippen molar-refractivity contribution < 1.29 is 21.7 Å². The molecule has 0 aromatic heterocycles. The van der Waals surface area contributed by atoms with Gasteiger partial charge in [-0.3, -0.25) is 15.6 Å². The summed E-state index contributed by atoms with van der Waals surface area (Å²) in [5.74, 6) is 1.77. The van der Waals surface area contributed by atoms with Gasteiger partial charge in [0.1, 0.15) is 11.8 Å². The van der Waals surface area contributed by atoms with Gasteiger partial charge in [-0.2, -0.15) is 0 Å². The van der Waals surface area contributed by atoms with Gasteiger partial charge in [-0.05, 0) is 23.3 Å². The monoisotopic (exact) mass is 267 g/mol. The Labute approximate surface area is 113 Å². The van der Waals surface area contributed by atoms with Gasteiger partial charge in [0, 0.05) is 12.8 Å². The number of benzene rings is 1. The topological polar surface area (TPSA) is 50.3 Å². The fourth-order valence-corrected chi connectivity index (χ4v) is 2.85. The molecular formula is C13H18ClN3O. The average molecular weight is 268 g/mol. The lowest BCUT2D eigenvalue weighted by Gasteiger charge is -2.31.